The van der Waals surface area contributed by atoms with Gasteiger partial charge in [0, 0.05) is 44.4 Å². The number of anilines is 1. The third-order valence-corrected chi connectivity index (χ3v) is 4.13. The Labute approximate surface area is 135 Å². The Kier molecular flexibility index (Phi) is 4.71. The topological polar surface area (TPSA) is 78.7 Å². The van der Waals surface area contributed by atoms with E-state index < -0.39 is 0 Å². The minimum atomic E-state index is 0.247. The zero-order chi connectivity index (χ0) is 16.2. The van der Waals surface area contributed by atoms with Crippen molar-refractivity contribution in [1.82, 2.24) is 29.8 Å². The molecule has 23 heavy (non-hydrogen) atoms. The summed E-state index contributed by atoms with van der Waals surface area (Å²) in [5.74, 6) is 1.86. The Morgan fingerprint density at radius 2 is 2.09 bits per heavy atom. The fourth-order valence-corrected chi connectivity index (χ4v) is 2.90. The number of fused-ring (bicyclic) bond motifs is 1. The quantitative estimate of drug-likeness (QED) is 0.787. The van der Waals surface area contributed by atoms with E-state index in [9.17, 15) is 4.79 Å². The second kappa shape index (κ2) is 6.91. The van der Waals surface area contributed by atoms with Gasteiger partial charge in [-0.15, -0.1) is 0 Å². The van der Waals surface area contributed by atoms with Gasteiger partial charge in [-0.25, -0.2) is 4.98 Å². The van der Waals surface area contributed by atoms with Crippen molar-refractivity contribution in [1.29, 1.82) is 0 Å². The molecule has 0 unspecified atom stereocenters. The Morgan fingerprint density at radius 3 is 2.83 bits per heavy atom. The predicted molar refractivity (Wildman–Crippen MR) is 87.5 cm³/mol. The molecular formula is C15H23N7O. The molecule has 1 fully saturated rings. The summed E-state index contributed by atoms with van der Waals surface area (Å²) in [6, 6.07) is 2.02. The number of piperazine rings is 1. The largest absolute Gasteiger partial charge is 0.353 e. The summed E-state index contributed by atoms with van der Waals surface area (Å²) in [6.07, 6.45) is 3.02. The molecule has 8 heteroatoms. The van der Waals surface area contributed by atoms with Gasteiger partial charge in [-0.2, -0.15) is 14.6 Å². The van der Waals surface area contributed by atoms with E-state index in [0.29, 0.717) is 12.2 Å². The van der Waals surface area contributed by atoms with Crippen molar-refractivity contribution in [3.8, 4) is 0 Å². The maximum Gasteiger partial charge on any atom is 0.254 e. The van der Waals surface area contributed by atoms with Crippen molar-refractivity contribution >= 4 is 17.5 Å². The zero-order valence-corrected chi connectivity index (χ0v) is 13.7. The van der Waals surface area contributed by atoms with E-state index in [4.69, 9.17) is 0 Å². The summed E-state index contributed by atoms with van der Waals surface area (Å²) in [4.78, 5) is 24.9. The molecule has 1 amide bonds. The van der Waals surface area contributed by atoms with Crippen LogP contribution in [0.1, 0.15) is 18.5 Å². The van der Waals surface area contributed by atoms with Crippen LogP contribution in [0, 0.1) is 6.92 Å². The number of carbonyl (C=O) groups is 1. The first-order chi connectivity index (χ1) is 11.2. The lowest BCUT2D eigenvalue weighted by atomic mass is 10.2. The number of hydrogen-bond donors (Lipinski definition) is 1. The molecule has 8 nitrogen and oxygen atoms in total. The summed E-state index contributed by atoms with van der Waals surface area (Å²) >= 11 is 0. The lowest BCUT2D eigenvalue weighted by Gasteiger charge is -2.36. The maximum absolute atomic E-state index is 12.2. The highest BCUT2D eigenvalue weighted by atomic mass is 16.2. The SMILES string of the molecule is CNCCCC(=O)N1CCN(c2cc(C)nc3ncnn23)CC1. The number of nitrogens with zero attached hydrogens (tertiary/aromatic N) is 6. The van der Waals surface area contributed by atoms with Gasteiger partial charge >= 0.3 is 0 Å². The molecule has 1 saturated heterocycles. The Hall–Kier alpha value is -2.22. The Balaban J connectivity index is 1.64. The van der Waals surface area contributed by atoms with Gasteiger partial charge in [0.25, 0.3) is 5.78 Å². The van der Waals surface area contributed by atoms with Crippen LogP contribution in [0.15, 0.2) is 12.4 Å². The normalized spacial score (nSPS) is 15.4. The van der Waals surface area contributed by atoms with Gasteiger partial charge in [0.05, 0.1) is 0 Å². The van der Waals surface area contributed by atoms with Gasteiger partial charge in [0.15, 0.2) is 0 Å². The number of carbonyl (C=O) groups excluding carboxylic acids is 1. The highest BCUT2D eigenvalue weighted by Gasteiger charge is 2.22. The van der Waals surface area contributed by atoms with Gasteiger partial charge < -0.3 is 15.1 Å². The van der Waals surface area contributed by atoms with Crippen LogP contribution in [-0.4, -0.2) is 70.2 Å². The number of amides is 1. The molecular weight excluding hydrogens is 294 g/mol. The Morgan fingerprint density at radius 1 is 1.30 bits per heavy atom. The summed E-state index contributed by atoms with van der Waals surface area (Å²) in [5, 5.41) is 7.33. The predicted octanol–water partition coefficient (Wildman–Crippen LogP) is 0.0809. The van der Waals surface area contributed by atoms with E-state index in [2.05, 4.69) is 25.3 Å². The van der Waals surface area contributed by atoms with E-state index in [1.165, 1.54) is 6.33 Å². The average molecular weight is 317 g/mol. The molecule has 0 atom stereocenters. The Bertz CT molecular complexity index is 676. The van der Waals surface area contributed by atoms with Crippen LogP contribution in [0.3, 0.4) is 0 Å². The fourth-order valence-electron chi connectivity index (χ4n) is 2.90. The lowest BCUT2D eigenvalue weighted by Crippen LogP contribution is -2.49. The first-order valence-corrected chi connectivity index (χ1v) is 8.04. The number of aromatic nitrogens is 4. The molecule has 2 aromatic heterocycles. The minimum absolute atomic E-state index is 0.247. The monoisotopic (exact) mass is 317 g/mol. The number of hydrogen-bond acceptors (Lipinski definition) is 6. The average Bonchev–Trinajstić information content (AvgIpc) is 3.02. The van der Waals surface area contributed by atoms with Crippen LogP contribution in [0.4, 0.5) is 5.82 Å². The second-order valence-electron chi connectivity index (χ2n) is 5.80. The van der Waals surface area contributed by atoms with E-state index in [0.717, 1.165) is 50.7 Å². The van der Waals surface area contributed by atoms with Crippen LogP contribution in [0.25, 0.3) is 5.78 Å². The van der Waals surface area contributed by atoms with E-state index >= 15 is 0 Å². The molecule has 124 valence electrons. The van der Waals surface area contributed by atoms with Crippen molar-refractivity contribution in [2.75, 3.05) is 44.7 Å². The molecule has 0 radical (unpaired) electrons. The number of nitrogens with one attached hydrogen (secondary N) is 1. The van der Waals surface area contributed by atoms with Crippen molar-refractivity contribution < 1.29 is 4.79 Å². The van der Waals surface area contributed by atoms with E-state index in [-0.39, 0.29) is 5.91 Å². The van der Waals surface area contributed by atoms with Crippen molar-refractivity contribution in [3.05, 3.63) is 18.1 Å². The molecule has 1 aliphatic rings. The van der Waals surface area contributed by atoms with Crippen molar-refractivity contribution in [3.63, 3.8) is 0 Å². The summed E-state index contributed by atoms with van der Waals surface area (Å²) in [7, 11) is 1.91. The van der Waals surface area contributed by atoms with Crippen LogP contribution in [-0.2, 0) is 4.79 Å². The highest BCUT2D eigenvalue weighted by molar-refractivity contribution is 5.76. The van der Waals surface area contributed by atoms with Crippen LogP contribution < -0.4 is 10.2 Å². The van der Waals surface area contributed by atoms with Gasteiger partial charge in [-0.3, -0.25) is 4.79 Å². The third-order valence-electron chi connectivity index (χ3n) is 4.13. The summed E-state index contributed by atoms with van der Waals surface area (Å²) < 4.78 is 1.76. The molecule has 3 heterocycles. The molecule has 0 aliphatic carbocycles. The molecule has 0 aromatic carbocycles. The maximum atomic E-state index is 12.2. The second-order valence-corrected chi connectivity index (χ2v) is 5.80. The number of aryl methyl sites for hydroxylation is 1. The molecule has 2 aromatic rings. The standard InChI is InChI=1S/C15H23N7O/c1-12-10-13(22-15(19-12)17-11-18-22)20-6-8-21(9-7-20)14(23)4-3-5-16-2/h10-11,16H,3-9H2,1-2H3. The molecule has 0 bridgehead atoms. The summed E-state index contributed by atoms with van der Waals surface area (Å²) in [5.41, 5.74) is 0.922. The fraction of sp³-hybridized carbons (Fsp3) is 0.600. The molecule has 0 saturated carbocycles. The molecule has 1 N–H and O–H groups in total. The van der Waals surface area contributed by atoms with Crippen LogP contribution in [0.5, 0.6) is 0 Å². The molecule has 0 spiro atoms. The molecule has 3 rings (SSSR count). The van der Waals surface area contributed by atoms with Gasteiger partial charge in [-0.1, -0.05) is 0 Å². The van der Waals surface area contributed by atoms with Crippen molar-refractivity contribution in [2.24, 2.45) is 0 Å². The highest BCUT2D eigenvalue weighted by Crippen LogP contribution is 2.18. The van der Waals surface area contributed by atoms with Gasteiger partial charge in [-0.05, 0) is 26.9 Å². The first-order valence-electron chi connectivity index (χ1n) is 8.04. The third kappa shape index (κ3) is 3.42. The zero-order valence-electron chi connectivity index (χ0n) is 13.7. The van der Waals surface area contributed by atoms with Gasteiger partial charge in [0.1, 0.15) is 12.1 Å². The van der Waals surface area contributed by atoms with Crippen LogP contribution >= 0.6 is 0 Å². The summed E-state index contributed by atoms with van der Waals surface area (Å²) in [6.45, 7) is 5.93. The first kappa shape index (κ1) is 15.7. The smallest absolute Gasteiger partial charge is 0.254 e. The lowest BCUT2D eigenvalue weighted by molar-refractivity contribution is -0.131. The van der Waals surface area contributed by atoms with Crippen LogP contribution in [0.2, 0.25) is 0 Å². The van der Waals surface area contributed by atoms with E-state index in [1.807, 2.05) is 24.9 Å². The minimum Gasteiger partial charge on any atom is -0.353 e. The molecule has 1 aliphatic heterocycles. The number of rotatable bonds is 5. The van der Waals surface area contributed by atoms with E-state index in [1.54, 1.807) is 4.52 Å². The van der Waals surface area contributed by atoms with Gasteiger partial charge in [0.2, 0.25) is 5.91 Å². The van der Waals surface area contributed by atoms with Crippen molar-refractivity contribution in [2.45, 2.75) is 19.8 Å².